The van der Waals surface area contributed by atoms with Gasteiger partial charge in [0.05, 0.1) is 18.8 Å². The Morgan fingerprint density at radius 2 is 2.12 bits per heavy atom. The molecule has 5 nitrogen and oxygen atoms in total. The van der Waals surface area contributed by atoms with E-state index in [1.807, 2.05) is 30.3 Å². The van der Waals surface area contributed by atoms with Crippen LogP contribution >= 0.6 is 0 Å². The van der Waals surface area contributed by atoms with Gasteiger partial charge in [-0.1, -0.05) is 44.2 Å². The smallest absolute Gasteiger partial charge is 0.410 e. The summed E-state index contributed by atoms with van der Waals surface area (Å²) in [6.07, 6.45) is 2.88. The topological polar surface area (TPSA) is 59.0 Å². The Hall–Kier alpha value is -1.59. The van der Waals surface area contributed by atoms with Crippen LogP contribution in [0.25, 0.3) is 0 Å². The third-order valence-electron chi connectivity index (χ3n) is 5.58. The molecule has 0 aliphatic carbocycles. The number of carbonyl (C=O) groups is 1. The lowest BCUT2D eigenvalue weighted by atomic mass is 9.85. The van der Waals surface area contributed by atoms with Crippen molar-refractivity contribution in [3.05, 3.63) is 35.9 Å². The van der Waals surface area contributed by atoms with Gasteiger partial charge >= 0.3 is 6.09 Å². The van der Waals surface area contributed by atoms with E-state index in [4.69, 9.17) is 9.47 Å². The highest BCUT2D eigenvalue weighted by atomic mass is 16.6. The molecule has 2 aliphatic heterocycles. The van der Waals surface area contributed by atoms with Gasteiger partial charge in [0.15, 0.2) is 0 Å². The monoisotopic (exact) mass is 361 g/mol. The molecule has 0 bridgehead atoms. The molecule has 2 aliphatic rings. The molecular weight excluding hydrogens is 330 g/mol. The highest BCUT2D eigenvalue weighted by molar-refractivity contribution is 5.68. The molecule has 1 amide bonds. The summed E-state index contributed by atoms with van der Waals surface area (Å²) in [4.78, 5) is 14.3. The SMILES string of the molecule is CC(C)C[C@@H]1CCO[C@@H]2[C@@H](C1)CN(C(=O)OCc1ccccc1)[C@@H]2CO. The number of amides is 1. The van der Waals surface area contributed by atoms with Crippen molar-refractivity contribution in [3.63, 3.8) is 0 Å². The molecule has 1 N–H and O–H groups in total. The molecule has 0 unspecified atom stereocenters. The second-order valence-electron chi connectivity index (χ2n) is 8.06. The number of carbonyl (C=O) groups excluding carboxylic acids is 1. The average Bonchev–Trinajstić information content (AvgIpc) is 2.85. The lowest BCUT2D eigenvalue weighted by molar-refractivity contribution is -0.00308. The normalized spacial score (nSPS) is 28.7. The molecule has 3 rings (SSSR count). The molecule has 5 heteroatoms. The molecule has 0 saturated carbocycles. The minimum atomic E-state index is -0.356. The first kappa shape index (κ1) is 19.2. The summed E-state index contributed by atoms with van der Waals surface area (Å²) in [7, 11) is 0. The lowest BCUT2D eigenvalue weighted by Crippen LogP contribution is -2.43. The predicted octanol–water partition coefficient (Wildman–Crippen LogP) is 3.46. The fraction of sp³-hybridized carbons (Fsp3) is 0.667. The Morgan fingerprint density at radius 1 is 1.35 bits per heavy atom. The fourth-order valence-corrected chi connectivity index (χ4v) is 4.45. The van der Waals surface area contributed by atoms with Crippen molar-refractivity contribution >= 4 is 6.09 Å². The van der Waals surface area contributed by atoms with Gasteiger partial charge in [-0.25, -0.2) is 4.79 Å². The number of hydrogen-bond acceptors (Lipinski definition) is 4. The van der Waals surface area contributed by atoms with Gasteiger partial charge < -0.3 is 14.6 Å². The maximum absolute atomic E-state index is 12.6. The number of aliphatic hydroxyl groups is 1. The zero-order valence-corrected chi connectivity index (χ0v) is 15.8. The standard InChI is InChI=1S/C21H31NO4/c1-15(2)10-17-8-9-25-20-18(11-17)12-22(19(20)13-23)21(24)26-14-16-6-4-3-5-7-16/h3-7,15,17-20,23H,8-14H2,1-2H3/t17-,18-,19+,20+/m0/s1. The number of fused-ring (bicyclic) bond motifs is 1. The van der Waals surface area contributed by atoms with Gasteiger partial charge in [-0.15, -0.1) is 0 Å². The van der Waals surface area contributed by atoms with Crippen LogP contribution in [0.3, 0.4) is 0 Å². The van der Waals surface area contributed by atoms with Gasteiger partial charge in [0.1, 0.15) is 6.61 Å². The van der Waals surface area contributed by atoms with Crippen LogP contribution in [0, 0.1) is 17.8 Å². The zero-order valence-electron chi connectivity index (χ0n) is 15.8. The third kappa shape index (κ3) is 4.57. The van der Waals surface area contributed by atoms with Gasteiger partial charge in [-0.2, -0.15) is 0 Å². The molecule has 4 atom stereocenters. The quantitative estimate of drug-likeness (QED) is 0.873. The summed E-state index contributed by atoms with van der Waals surface area (Å²) < 4.78 is 11.6. The first-order valence-electron chi connectivity index (χ1n) is 9.78. The van der Waals surface area contributed by atoms with Crippen LogP contribution in [0.5, 0.6) is 0 Å². The highest BCUT2D eigenvalue weighted by Crippen LogP contribution is 2.37. The summed E-state index contributed by atoms with van der Waals surface area (Å²) in [6.45, 7) is 5.99. The largest absolute Gasteiger partial charge is 0.445 e. The fourth-order valence-electron chi connectivity index (χ4n) is 4.45. The number of aliphatic hydroxyl groups excluding tert-OH is 1. The van der Waals surface area contributed by atoms with Gasteiger partial charge in [0.2, 0.25) is 0 Å². The van der Waals surface area contributed by atoms with Crippen LogP contribution in [-0.4, -0.2) is 48.0 Å². The Morgan fingerprint density at radius 3 is 2.81 bits per heavy atom. The molecule has 0 radical (unpaired) electrons. The van der Waals surface area contributed by atoms with E-state index >= 15 is 0 Å². The Balaban J connectivity index is 1.62. The van der Waals surface area contributed by atoms with Crippen LogP contribution < -0.4 is 0 Å². The molecule has 144 valence electrons. The van der Waals surface area contributed by atoms with E-state index < -0.39 is 0 Å². The van der Waals surface area contributed by atoms with Crippen molar-refractivity contribution in [1.82, 2.24) is 4.90 Å². The van der Waals surface area contributed by atoms with Gasteiger partial charge in [0.25, 0.3) is 0 Å². The second-order valence-corrected chi connectivity index (χ2v) is 8.06. The molecule has 0 aromatic heterocycles. The van der Waals surface area contributed by atoms with E-state index in [1.165, 1.54) is 6.42 Å². The minimum absolute atomic E-state index is 0.0820. The van der Waals surface area contributed by atoms with Gasteiger partial charge in [0, 0.05) is 19.1 Å². The summed E-state index contributed by atoms with van der Waals surface area (Å²) in [6, 6.07) is 9.36. The van der Waals surface area contributed by atoms with E-state index in [0.717, 1.165) is 18.4 Å². The molecule has 0 spiro atoms. The van der Waals surface area contributed by atoms with E-state index in [-0.39, 0.29) is 37.4 Å². The van der Waals surface area contributed by atoms with Gasteiger partial charge in [-0.05, 0) is 36.7 Å². The molecule has 2 heterocycles. The van der Waals surface area contributed by atoms with E-state index in [1.54, 1.807) is 4.90 Å². The Labute approximate surface area is 156 Å². The number of rotatable bonds is 5. The van der Waals surface area contributed by atoms with Crippen molar-refractivity contribution in [2.45, 2.75) is 51.9 Å². The maximum Gasteiger partial charge on any atom is 0.410 e. The van der Waals surface area contributed by atoms with Crippen LogP contribution in [0.4, 0.5) is 4.79 Å². The van der Waals surface area contributed by atoms with Crippen molar-refractivity contribution in [2.75, 3.05) is 19.8 Å². The number of benzene rings is 1. The van der Waals surface area contributed by atoms with Crippen molar-refractivity contribution in [1.29, 1.82) is 0 Å². The van der Waals surface area contributed by atoms with Crippen LogP contribution in [0.2, 0.25) is 0 Å². The summed E-state index contributed by atoms with van der Waals surface area (Å²) in [5, 5.41) is 9.88. The zero-order chi connectivity index (χ0) is 18.5. The molecule has 2 fully saturated rings. The van der Waals surface area contributed by atoms with Crippen LogP contribution in [0.15, 0.2) is 30.3 Å². The van der Waals surface area contributed by atoms with E-state index in [2.05, 4.69) is 13.8 Å². The summed E-state index contributed by atoms with van der Waals surface area (Å²) in [5.74, 6) is 1.57. The first-order valence-corrected chi connectivity index (χ1v) is 9.78. The maximum atomic E-state index is 12.6. The van der Waals surface area contributed by atoms with Crippen molar-refractivity contribution in [2.24, 2.45) is 17.8 Å². The third-order valence-corrected chi connectivity index (χ3v) is 5.58. The van der Waals surface area contributed by atoms with Crippen molar-refractivity contribution in [3.8, 4) is 0 Å². The molecule has 2 saturated heterocycles. The molecular formula is C21H31NO4. The van der Waals surface area contributed by atoms with Crippen LogP contribution in [0.1, 0.15) is 38.7 Å². The molecule has 1 aromatic rings. The molecule has 26 heavy (non-hydrogen) atoms. The number of ether oxygens (including phenoxy) is 2. The summed E-state index contributed by atoms with van der Waals surface area (Å²) in [5.41, 5.74) is 0.961. The Kier molecular flexibility index (Phi) is 6.54. The van der Waals surface area contributed by atoms with Gasteiger partial charge in [-0.3, -0.25) is 4.90 Å². The average molecular weight is 361 g/mol. The molecule has 1 aromatic carbocycles. The summed E-state index contributed by atoms with van der Waals surface area (Å²) >= 11 is 0. The van der Waals surface area contributed by atoms with E-state index in [0.29, 0.717) is 25.0 Å². The predicted molar refractivity (Wildman–Crippen MR) is 99.6 cm³/mol. The number of likely N-dealkylation sites (tertiary alicyclic amines) is 1. The van der Waals surface area contributed by atoms with E-state index in [9.17, 15) is 9.90 Å². The number of hydrogen-bond donors (Lipinski definition) is 1. The minimum Gasteiger partial charge on any atom is -0.445 e. The number of nitrogens with zero attached hydrogens (tertiary/aromatic N) is 1. The first-order chi connectivity index (χ1) is 12.6. The lowest BCUT2D eigenvalue weighted by Gasteiger charge is -2.26. The highest BCUT2D eigenvalue weighted by Gasteiger charge is 2.46. The van der Waals surface area contributed by atoms with Crippen LogP contribution in [-0.2, 0) is 16.1 Å². The van der Waals surface area contributed by atoms with Crippen molar-refractivity contribution < 1.29 is 19.4 Å². The Bertz CT molecular complexity index is 577. The second kappa shape index (κ2) is 8.87.